The fourth-order valence-electron chi connectivity index (χ4n) is 5.94. The number of nitrogens with zero attached hydrogens (tertiary/aromatic N) is 5. The van der Waals surface area contributed by atoms with E-state index in [9.17, 15) is 22.7 Å². The number of nitrogens with one attached hydrogen (secondary N) is 2. The number of H-pyrrole nitrogens is 1. The molecule has 0 amide bonds. The SMILES string of the molecule is Cn1cnnc1-c1cc(F)ccc1-c1cc(-c2nc3cc(CN[C@@H]4CCC[C@@H]4O)cc(C(F)(F)F)c3[nH]2)nc(C2CC2)c1. The summed E-state index contributed by atoms with van der Waals surface area (Å²) in [4.78, 5) is 12.3. The number of rotatable bonds is 7. The lowest BCUT2D eigenvalue weighted by atomic mass is 9.97. The molecule has 2 saturated carbocycles. The summed E-state index contributed by atoms with van der Waals surface area (Å²) in [6.45, 7) is 0.178. The van der Waals surface area contributed by atoms with Crippen molar-refractivity contribution in [2.45, 2.75) is 62.9 Å². The lowest BCUT2D eigenvalue weighted by Gasteiger charge is -2.17. The molecule has 0 radical (unpaired) electrons. The van der Waals surface area contributed by atoms with E-state index < -0.39 is 23.7 Å². The van der Waals surface area contributed by atoms with Crippen molar-refractivity contribution >= 4 is 11.0 Å². The van der Waals surface area contributed by atoms with Crippen LogP contribution in [0.5, 0.6) is 0 Å². The molecule has 7 rings (SSSR count). The maximum absolute atomic E-state index is 14.4. The molecule has 5 aromatic rings. The average Bonchev–Trinajstić information content (AvgIpc) is 3.38. The maximum Gasteiger partial charge on any atom is 0.418 e. The zero-order valence-corrected chi connectivity index (χ0v) is 23.3. The van der Waals surface area contributed by atoms with Crippen LogP contribution in [-0.2, 0) is 19.8 Å². The van der Waals surface area contributed by atoms with Gasteiger partial charge in [-0.25, -0.2) is 14.4 Å². The van der Waals surface area contributed by atoms with Crippen LogP contribution in [0.25, 0.3) is 45.1 Å². The van der Waals surface area contributed by atoms with Gasteiger partial charge in [-0.15, -0.1) is 10.2 Å². The highest BCUT2D eigenvalue weighted by Crippen LogP contribution is 2.43. The number of halogens is 4. The van der Waals surface area contributed by atoms with Gasteiger partial charge >= 0.3 is 6.18 Å². The first-order chi connectivity index (χ1) is 20.6. The van der Waals surface area contributed by atoms with Crippen molar-refractivity contribution < 1.29 is 22.7 Å². The van der Waals surface area contributed by atoms with Gasteiger partial charge in [-0.05, 0) is 85.2 Å². The standard InChI is InChI=1S/C31H29F4N7O/c1-42-15-37-41-30(42)21-13-19(32)7-8-20(21)18-11-24(17-5-6-17)38-26(12-18)29-39-25-10-16(14-36-23-3-2-4-27(23)43)9-22(28(25)40-29)31(33,34)35/h7-13,15,17,23,27,36,43H,2-6,14H2,1H3,(H,39,40)/t23-,27+/m1/s1. The number of imidazole rings is 1. The van der Waals surface area contributed by atoms with Gasteiger partial charge in [0, 0.05) is 36.8 Å². The third kappa shape index (κ3) is 5.40. The Hall–Kier alpha value is -4.16. The Morgan fingerprint density at radius 2 is 1.86 bits per heavy atom. The van der Waals surface area contributed by atoms with Crippen LogP contribution in [-0.4, -0.2) is 47.0 Å². The molecular weight excluding hydrogens is 562 g/mol. The van der Waals surface area contributed by atoms with Crippen LogP contribution in [0.2, 0.25) is 0 Å². The summed E-state index contributed by atoms with van der Waals surface area (Å²) in [5, 5.41) is 21.4. The van der Waals surface area contributed by atoms with Gasteiger partial charge < -0.3 is 20.0 Å². The molecule has 2 aromatic carbocycles. The van der Waals surface area contributed by atoms with Crippen molar-refractivity contribution in [3.63, 3.8) is 0 Å². The summed E-state index contributed by atoms with van der Waals surface area (Å²) in [6.07, 6.45) is 0.667. The summed E-state index contributed by atoms with van der Waals surface area (Å²) >= 11 is 0. The molecule has 2 atom stereocenters. The molecule has 0 unspecified atom stereocenters. The van der Waals surface area contributed by atoms with Crippen molar-refractivity contribution in [3.8, 4) is 34.0 Å². The van der Waals surface area contributed by atoms with E-state index in [0.29, 0.717) is 34.6 Å². The van der Waals surface area contributed by atoms with Crippen LogP contribution < -0.4 is 5.32 Å². The largest absolute Gasteiger partial charge is 0.418 e. The van der Waals surface area contributed by atoms with Gasteiger partial charge in [-0.2, -0.15) is 13.2 Å². The van der Waals surface area contributed by atoms with Crippen LogP contribution in [0, 0.1) is 5.82 Å². The Morgan fingerprint density at radius 1 is 1.02 bits per heavy atom. The lowest BCUT2D eigenvalue weighted by Crippen LogP contribution is -2.35. The molecule has 2 aliphatic carbocycles. The number of benzene rings is 2. The zero-order chi connectivity index (χ0) is 29.9. The second kappa shape index (κ2) is 10.5. The zero-order valence-electron chi connectivity index (χ0n) is 23.3. The number of aliphatic hydroxyl groups excluding tert-OH is 1. The van der Waals surface area contributed by atoms with Crippen LogP contribution in [0.15, 0.2) is 48.8 Å². The minimum absolute atomic E-state index is 0.117. The van der Waals surface area contributed by atoms with Gasteiger partial charge in [0.1, 0.15) is 17.8 Å². The molecule has 12 heteroatoms. The molecular formula is C31H29F4N7O. The summed E-state index contributed by atoms with van der Waals surface area (Å²) in [5.41, 5.74) is 2.82. The molecule has 0 spiro atoms. The Balaban J connectivity index is 1.33. The van der Waals surface area contributed by atoms with Crippen LogP contribution in [0.1, 0.15) is 54.8 Å². The molecule has 3 heterocycles. The van der Waals surface area contributed by atoms with E-state index in [0.717, 1.165) is 43.0 Å². The fraction of sp³-hybridized carbons (Fsp3) is 0.355. The highest BCUT2D eigenvalue weighted by Gasteiger charge is 2.35. The molecule has 2 aliphatic rings. The quantitative estimate of drug-likeness (QED) is 0.197. The van der Waals surface area contributed by atoms with E-state index in [-0.39, 0.29) is 35.4 Å². The highest BCUT2D eigenvalue weighted by molar-refractivity contribution is 5.85. The number of aliphatic hydroxyl groups is 1. The van der Waals surface area contributed by atoms with Crippen molar-refractivity contribution in [3.05, 3.63) is 71.4 Å². The summed E-state index contributed by atoms with van der Waals surface area (Å²) < 4.78 is 58.9. The van der Waals surface area contributed by atoms with Gasteiger partial charge in [0.15, 0.2) is 11.6 Å². The van der Waals surface area contributed by atoms with Gasteiger partial charge in [0.05, 0.1) is 22.7 Å². The minimum atomic E-state index is -4.61. The van der Waals surface area contributed by atoms with E-state index in [4.69, 9.17) is 4.98 Å². The van der Waals surface area contributed by atoms with E-state index >= 15 is 0 Å². The molecule has 8 nitrogen and oxygen atoms in total. The fourth-order valence-corrected chi connectivity index (χ4v) is 5.94. The van der Waals surface area contributed by atoms with Gasteiger partial charge in [-0.1, -0.05) is 6.07 Å². The number of alkyl halides is 3. The molecule has 222 valence electrons. The number of aromatic nitrogens is 6. The van der Waals surface area contributed by atoms with Crippen molar-refractivity contribution in [2.24, 2.45) is 7.05 Å². The second-order valence-corrected chi connectivity index (χ2v) is 11.5. The minimum Gasteiger partial charge on any atom is -0.392 e. The normalized spacial score (nSPS) is 19.0. The van der Waals surface area contributed by atoms with E-state index in [1.54, 1.807) is 29.8 Å². The first-order valence-electron chi connectivity index (χ1n) is 14.3. The number of aryl methyl sites for hydroxylation is 1. The predicted octanol–water partition coefficient (Wildman–Crippen LogP) is 6.13. The Morgan fingerprint density at radius 3 is 2.56 bits per heavy atom. The van der Waals surface area contributed by atoms with Crippen LogP contribution in [0.4, 0.5) is 17.6 Å². The maximum atomic E-state index is 14.4. The van der Waals surface area contributed by atoms with Crippen molar-refractivity contribution in [1.82, 2.24) is 35.0 Å². The summed E-state index contributed by atoms with van der Waals surface area (Å²) in [7, 11) is 1.77. The number of hydrogen-bond acceptors (Lipinski definition) is 6. The molecule has 43 heavy (non-hydrogen) atoms. The Kier molecular flexibility index (Phi) is 6.77. The number of fused-ring (bicyclic) bond motifs is 1. The van der Waals surface area contributed by atoms with Gasteiger partial charge in [0.2, 0.25) is 0 Å². The monoisotopic (exact) mass is 591 g/mol. The smallest absolute Gasteiger partial charge is 0.392 e. The van der Waals surface area contributed by atoms with E-state index in [1.165, 1.54) is 18.5 Å². The molecule has 0 saturated heterocycles. The average molecular weight is 592 g/mol. The van der Waals surface area contributed by atoms with Gasteiger partial charge in [0.25, 0.3) is 0 Å². The molecule has 3 N–H and O–H groups in total. The second-order valence-electron chi connectivity index (χ2n) is 11.5. The summed E-state index contributed by atoms with van der Waals surface area (Å²) in [5.74, 6) is 0.493. The topological polar surface area (TPSA) is 105 Å². The molecule has 2 fully saturated rings. The highest BCUT2D eigenvalue weighted by atomic mass is 19.4. The molecule has 3 aromatic heterocycles. The predicted molar refractivity (Wildman–Crippen MR) is 152 cm³/mol. The van der Waals surface area contributed by atoms with Crippen LogP contribution >= 0.6 is 0 Å². The first-order valence-corrected chi connectivity index (χ1v) is 14.3. The summed E-state index contributed by atoms with van der Waals surface area (Å²) in [6, 6.07) is 10.7. The first kappa shape index (κ1) is 27.7. The number of pyridine rings is 1. The van der Waals surface area contributed by atoms with Crippen molar-refractivity contribution in [1.29, 1.82) is 0 Å². The van der Waals surface area contributed by atoms with Crippen molar-refractivity contribution in [2.75, 3.05) is 0 Å². The molecule has 0 aliphatic heterocycles. The van der Waals surface area contributed by atoms with E-state index in [2.05, 4.69) is 25.5 Å². The molecule has 0 bridgehead atoms. The van der Waals surface area contributed by atoms with E-state index in [1.807, 2.05) is 6.07 Å². The number of aromatic amines is 1. The lowest BCUT2D eigenvalue weighted by molar-refractivity contribution is -0.136. The van der Waals surface area contributed by atoms with Crippen LogP contribution in [0.3, 0.4) is 0 Å². The Bertz CT molecular complexity index is 1820. The Labute approximate surface area is 244 Å². The third-order valence-electron chi connectivity index (χ3n) is 8.33. The van der Waals surface area contributed by atoms with Gasteiger partial charge in [-0.3, -0.25) is 0 Å². The number of hydrogen-bond donors (Lipinski definition) is 3. The third-order valence-corrected chi connectivity index (χ3v) is 8.33.